The van der Waals surface area contributed by atoms with Crippen molar-refractivity contribution in [2.75, 3.05) is 20.1 Å². The summed E-state index contributed by atoms with van der Waals surface area (Å²) in [6.07, 6.45) is -4.29. The van der Waals surface area contributed by atoms with E-state index in [0.29, 0.717) is 18.7 Å². The number of carbonyl (C=O) groups excluding carboxylic acids is 1. The Morgan fingerprint density at radius 3 is 2.48 bits per heavy atom. The number of ether oxygens (including phenoxy) is 1. The van der Waals surface area contributed by atoms with Crippen LogP contribution in [0.2, 0.25) is 0 Å². The van der Waals surface area contributed by atoms with Crippen LogP contribution >= 0.6 is 0 Å². The van der Waals surface area contributed by atoms with Gasteiger partial charge in [0.2, 0.25) is 5.91 Å². The van der Waals surface area contributed by atoms with Gasteiger partial charge in [0.1, 0.15) is 0 Å². The molecular formula is C18H25F3N2O2. The van der Waals surface area contributed by atoms with E-state index < -0.39 is 11.7 Å². The number of rotatable bonds is 4. The molecule has 0 saturated carbocycles. The second kappa shape index (κ2) is 7.74. The summed E-state index contributed by atoms with van der Waals surface area (Å²) < 4.78 is 44.1. The number of nitrogens with zero attached hydrogens (tertiary/aromatic N) is 2. The van der Waals surface area contributed by atoms with Crippen molar-refractivity contribution in [2.45, 2.75) is 51.7 Å². The minimum atomic E-state index is -4.38. The van der Waals surface area contributed by atoms with Crippen molar-refractivity contribution >= 4 is 5.91 Å². The van der Waals surface area contributed by atoms with Gasteiger partial charge in [-0.2, -0.15) is 13.2 Å². The molecule has 1 saturated heterocycles. The number of morpholine rings is 1. The van der Waals surface area contributed by atoms with Crippen LogP contribution in [0.25, 0.3) is 0 Å². The first-order valence-electron chi connectivity index (χ1n) is 8.38. The first kappa shape index (κ1) is 19.7. The first-order valence-corrected chi connectivity index (χ1v) is 8.38. The molecule has 25 heavy (non-hydrogen) atoms. The Hall–Kier alpha value is -1.60. The highest BCUT2D eigenvalue weighted by Gasteiger charge is 2.32. The van der Waals surface area contributed by atoms with Crippen molar-refractivity contribution in [3.8, 4) is 0 Å². The largest absolute Gasteiger partial charge is 0.416 e. The summed E-state index contributed by atoms with van der Waals surface area (Å²) >= 11 is 0. The standard InChI is InChI=1S/C18H25F3N2O2/c1-12-9-23(10-13(2)25-12)14(3)17(24)22(4)11-15-6-5-7-16(8-15)18(19,20)21/h5-8,12-14H,9-11H2,1-4H3/t12-,13+,14?. The lowest BCUT2D eigenvalue weighted by Gasteiger charge is -2.39. The smallest absolute Gasteiger partial charge is 0.373 e. The van der Waals surface area contributed by atoms with E-state index in [2.05, 4.69) is 4.90 Å². The molecule has 1 amide bonds. The Balaban J connectivity index is 2.02. The van der Waals surface area contributed by atoms with Crippen LogP contribution in [0.1, 0.15) is 31.9 Å². The van der Waals surface area contributed by atoms with Crippen LogP contribution in [0, 0.1) is 0 Å². The summed E-state index contributed by atoms with van der Waals surface area (Å²) in [6, 6.07) is 4.75. The molecule has 1 aromatic rings. The molecular weight excluding hydrogens is 333 g/mol. The quantitative estimate of drug-likeness (QED) is 0.829. The molecule has 1 aliphatic rings. The summed E-state index contributed by atoms with van der Waals surface area (Å²) in [5.74, 6) is -0.112. The van der Waals surface area contributed by atoms with E-state index in [1.807, 2.05) is 20.8 Å². The Kier molecular flexibility index (Phi) is 6.11. The lowest BCUT2D eigenvalue weighted by molar-refractivity contribution is -0.141. The van der Waals surface area contributed by atoms with E-state index in [9.17, 15) is 18.0 Å². The summed E-state index contributed by atoms with van der Waals surface area (Å²) in [5, 5.41) is 0. The van der Waals surface area contributed by atoms with E-state index >= 15 is 0 Å². The molecule has 0 aliphatic carbocycles. The predicted molar refractivity (Wildman–Crippen MR) is 89.0 cm³/mol. The van der Waals surface area contributed by atoms with Crippen LogP contribution < -0.4 is 0 Å². The average Bonchev–Trinajstić information content (AvgIpc) is 2.52. The van der Waals surface area contributed by atoms with Crippen LogP contribution in [0.15, 0.2) is 24.3 Å². The lowest BCUT2D eigenvalue weighted by atomic mass is 10.1. The van der Waals surface area contributed by atoms with Gasteiger partial charge in [-0.25, -0.2) is 0 Å². The van der Waals surface area contributed by atoms with Gasteiger partial charge < -0.3 is 9.64 Å². The molecule has 0 N–H and O–H groups in total. The lowest BCUT2D eigenvalue weighted by Crippen LogP contribution is -2.54. The molecule has 0 radical (unpaired) electrons. The van der Waals surface area contributed by atoms with Crippen molar-refractivity contribution in [3.63, 3.8) is 0 Å². The molecule has 0 aromatic heterocycles. The van der Waals surface area contributed by atoms with Crippen LogP contribution in [0.5, 0.6) is 0 Å². The number of hydrogen-bond donors (Lipinski definition) is 0. The maximum atomic E-state index is 12.8. The van der Waals surface area contributed by atoms with Crippen LogP contribution in [0.4, 0.5) is 13.2 Å². The molecule has 1 fully saturated rings. The molecule has 4 nitrogen and oxygen atoms in total. The zero-order valence-electron chi connectivity index (χ0n) is 15.0. The Bertz CT molecular complexity index is 596. The van der Waals surface area contributed by atoms with Crippen molar-refractivity contribution < 1.29 is 22.7 Å². The highest BCUT2D eigenvalue weighted by atomic mass is 19.4. The van der Waals surface area contributed by atoms with E-state index in [0.717, 1.165) is 12.1 Å². The number of amides is 1. The first-order chi connectivity index (χ1) is 11.6. The van der Waals surface area contributed by atoms with Crippen LogP contribution in [0.3, 0.4) is 0 Å². The van der Waals surface area contributed by atoms with E-state index in [1.165, 1.54) is 11.0 Å². The van der Waals surface area contributed by atoms with Gasteiger partial charge in [0.25, 0.3) is 0 Å². The maximum Gasteiger partial charge on any atom is 0.416 e. The molecule has 1 unspecified atom stereocenters. The second-order valence-corrected chi connectivity index (χ2v) is 6.78. The molecule has 7 heteroatoms. The average molecular weight is 358 g/mol. The van der Waals surface area contributed by atoms with E-state index in [4.69, 9.17) is 4.74 Å². The number of benzene rings is 1. The zero-order valence-corrected chi connectivity index (χ0v) is 15.0. The zero-order chi connectivity index (χ0) is 18.8. The van der Waals surface area contributed by atoms with Gasteiger partial charge in [-0.1, -0.05) is 12.1 Å². The number of halogens is 3. The Morgan fingerprint density at radius 2 is 1.92 bits per heavy atom. The fourth-order valence-corrected chi connectivity index (χ4v) is 3.21. The molecule has 1 aromatic carbocycles. The Labute approximate surface area is 146 Å². The fourth-order valence-electron chi connectivity index (χ4n) is 3.21. The second-order valence-electron chi connectivity index (χ2n) is 6.78. The van der Waals surface area contributed by atoms with Crippen LogP contribution in [-0.4, -0.2) is 54.1 Å². The van der Waals surface area contributed by atoms with Crippen molar-refractivity contribution in [1.29, 1.82) is 0 Å². The van der Waals surface area contributed by atoms with Gasteiger partial charge >= 0.3 is 6.18 Å². The summed E-state index contributed by atoms with van der Waals surface area (Å²) in [6.45, 7) is 7.22. The van der Waals surface area contributed by atoms with Gasteiger partial charge in [-0.3, -0.25) is 9.69 Å². The molecule has 0 spiro atoms. The number of likely N-dealkylation sites (N-methyl/N-ethyl adjacent to an activating group) is 1. The van der Waals surface area contributed by atoms with Gasteiger partial charge in [0, 0.05) is 26.7 Å². The third kappa shape index (κ3) is 5.19. The number of alkyl halides is 3. The predicted octanol–water partition coefficient (Wildman–Crippen LogP) is 3.16. The molecule has 3 atom stereocenters. The van der Waals surface area contributed by atoms with E-state index in [-0.39, 0.29) is 30.7 Å². The SMILES string of the molecule is CC(C(=O)N(C)Cc1cccc(C(F)(F)F)c1)N1C[C@@H](C)O[C@@H](C)C1. The minimum Gasteiger partial charge on any atom is -0.373 e. The maximum absolute atomic E-state index is 12.8. The van der Waals surface area contributed by atoms with Gasteiger partial charge in [0.05, 0.1) is 23.8 Å². The molecule has 140 valence electrons. The van der Waals surface area contributed by atoms with Crippen molar-refractivity contribution in [2.24, 2.45) is 0 Å². The van der Waals surface area contributed by atoms with Crippen LogP contribution in [-0.2, 0) is 22.3 Å². The molecule has 0 bridgehead atoms. The number of hydrogen-bond acceptors (Lipinski definition) is 3. The topological polar surface area (TPSA) is 32.8 Å². The third-order valence-electron chi connectivity index (χ3n) is 4.40. The molecule has 1 heterocycles. The van der Waals surface area contributed by atoms with Gasteiger partial charge in [0.15, 0.2) is 0 Å². The highest BCUT2D eigenvalue weighted by molar-refractivity contribution is 5.81. The minimum absolute atomic E-state index is 0.0489. The third-order valence-corrected chi connectivity index (χ3v) is 4.40. The monoisotopic (exact) mass is 358 g/mol. The van der Waals surface area contributed by atoms with Crippen molar-refractivity contribution in [1.82, 2.24) is 9.80 Å². The fraction of sp³-hybridized carbons (Fsp3) is 0.611. The summed E-state index contributed by atoms with van der Waals surface area (Å²) in [7, 11) is 1.62. The summed E-state index contributed by atoms with van der Waals surface area (Å²) in [4.78, 5) is 16.2. The number of carbonyl (C=O) groups is 1. The van der Waals surface area contributed by atoms with Gasteiger partial charge in [-0.05, 0) is 38.5 Å². The van der Waals surface area contributed by atoms with Crippen molar-refractivity contribution in [3.05, 3.63) is 35.4 Å². The summed E-state index contributed by atoms with van der Waals surface area (Å²) in [5.41, 5.74) is -0.240. The Morgan fingerprint density at radius 1 is 1.32 bits per heavy atom. The molecule has 1 aliphatic heterocycles. The molecule has 2 rings (SSSR count). The highest BCUT2D eigenvalue weighted by Crippen LogP contribution is 2.29. The normalized spacial score (nSPS) is 23.3. The van der Waals surface area contributed by atoms with E-state index in [1.54, 1.807) is 13.1 Å². The van der Waals surface area contributed by atoms with Gasteiger partial charge in [-0.15, -0.1) is 0 Å².